The highest BCUT2D eigenvalue weighted by molar-refractivity contribution is 5.80. The number of ether oxygens (including phenoxy) is 1. The van der Waals surface area contributed by atoms with Crippen LogP contribution in [0.25, 0.3) is 0 Å². The quantitative estimate of drug-likeness (QED) is 0.448. The number of aryl methyl sites for hydroxylation is 2. The van der Waals surface area contributed by atoms with Crippen LogP contribution in [0.2, 0.25) is 0 Å². The van der Waals surface area contributed by atoms with Crippen molar-refractivity contribution < 1.29 is 35.9 Å². The number of carbonyl (C=O) groups excluding carboxylic acids is 1. The fourth-order valence-electron chi connectivity index (χ4n) is 5.41. The van der Waals surface area contributed by atoms with Crippen LogP contribution in [0.15, 0.2) is 36.4 Å². The molecule has 0 saturated carbocycles. The molecule has 0 spiro atoms. The predicted octanol–water partition coefficient (Wildman–Crippen LogP) is 6.07. The predicted molar refractivity (Wildman–Crippen MR) is 125 cm³/mol. The zero-order valence-corrected chi connectivity index (χ0v) is 20.8. The van der Waals surface area contributed by atoms with E-state index in [1.165, 1.54) is 5.56 Å². The third-order valence-electron chi connectivity index (χ3n) is 7.57. The standard InChI is InChI=1S/C27H30F6N2O2/c1-15-4-5-17(8-16(15)2)13-34-24(36)21-12-25(3)23(7-6-22(21)35-25)37-14-18-9-19(26(28,29)30)11-20(10-18)27(31,32)33/h4-5,8-11,21-23,35H,6-7,12-14H2,1-3H3,(H,34,36). The Bertz CT molecular complexity index is 1130. The van der Waals surface area contributed by atoms with E-state index in [1.54, 1.807) is 0 Å². The topological polar surface area (TPSA) is 50.4 Å². The first-order valence-electron chi connectivity index (χ1n) is 12.2. The number of amides is 1. The number of carbonyl (C=O) groups is 1. The van der Waals surface area contributed by atoms with E-state index in [4.69, 9.17) is 4.74 Å². The SMILES string of the molecule is Cc1ccc(CNC(=O)C2CC3(C)NC2CCC3OCc2cc(C(F)(F)F)cc(C(F)(F)F)c2)cc1C. The Balaban J connectivity index is 1.41. The lowest BCUT2D eigenvalue weighted by Crippen LogP contribution is -2.55. The van der Waals surface area contributed by atoms with Crippen LogP contribution < -0.4 is 10.6 Å². The molecule has 2 fully saturated rings. The summed E-state index contributed by atoms with van der Waals surface area (Å²) < 4.78 is 85.0. The van der Waals surface area contributed by atoms with Crippen LogP contribution in [0.5, 0.6) is 0 Å². The number of alkyl halides is 6. The lowest BCUT2D eigenvalue weighted by Gasteiger charge is -2.39. The summed E-state index contributed by atoms with van der Waals surface area (Å²) >= 11 is 0. The van der Waals surface area contributed by atoms with Gasteiger partial charge in [0.25, 0.3) is 0 Å². The maximum atomic E-state index is 13.2. The molecule has 4 atom stereocenters. The van der Waals surface area contributed by atoms with Crippen molar-refractivity contribution in [2.75, 3.05) is 0 Å². The van der Waals surface area contributed by atoms with Gasteiger partial charge in [0.1, 0.15) is 0 Å². The summed E-state index contributed by atoms with van der Waals surface area (Å²) in [6.45, 7) is 5.91. The molecule has 10 heteroatoms. The number of hydrogen-bond donors (Lipinski definition) is 2. The van der Waals surface area contributed by atoms with Gasteiger partial charge in [-0.2, -0.15) is 26.3 Å². The van der Waals surface area contributed by atoms with Crippen molar-refractivity contribution in [1.82, 2.24) is 10.6 Å². The molecular weight excluding hydrogens is 498 g/mol. The molecule has 4 unspecified atom stereocenters. The second-order valence-electron chi connectivity index (χ2n) is 10.4. The van der Waals surface area contributed by atoms with E-state index >= 15 is 0 Å². The molecule has 0 aliphatic carbocycles. The maximum absolute atomic E-state index is 13.2. The average molecular weight is 529 g/mol. The van der Waals surface area contributed by atoms with Crippen molar-refractivity contribution in [3.63, 3.8) is 0 Å². The first-order chi connectivity index (χ1) is 17.2. The fraction of sp³-hybridized carbons (Fsp3) is 0.519. The lowest BCUT2D eigenvalue weighted by molar-refractivity contribution is -0.143. The molecule has 0 aromatic heterocycles. The highest BCUT2D eigenvalue weighted by Crippen LogP contribution is 2.42. The van der Waals surface area contributed by atoms with E-state index < -0.39 is 41.7 Å². The van der Waals surface area contributed by atoms with Crippen LogP contribution in [0.3, 0.4) is 0 Å². The molecule has 2 N–H and O–H groups in total. The van der Waals surface area contributed by atoms with Crippen LogP contribution in [0.4, 0.5) is 26.3 Å². The van der Waals surface area contributed by atoms with Crippen LogP contribution in [0.1, 0.15) is 59.6 Å². The normalized spacial score (nSPS) is 25.8. The minimum atomic E-state index is -4.91. The third kappa shape index (κ3) is 6.12. The Morgan fingerprint density at radius 3 is 2.22 bits per heavy atom. The Kier molecular flexibility index (Phi) is 7.38. The molecule has 2 aliphatic heterocycles. The van der Waals surface area contributed by atoms with Crippen LogP contribution >= 0.6 is 0 Å². The van der Waals surface area contributed by atoms with Crippen molar-refractivity contribution in [3.05, 3.63) is 69.8 Å². The maximum Gasteiger partial charge on any atom is 0.416 e. The van der Waals surface area contributed by atoms with E-state index in [0.29, 0.717) is 37.9 Å². The monoisotopic (exact) mass is 528 g/mol. The number of piperidine rings is 1. The molecule has 2 heterocycles. The molecular formula is C27H30F6N2O2. The van der Waals surface area contributed by atoms with E-state index in [1.807, 2.05) is 39.0 Å². The number of halogens is 6. The van der Waals surface area contributed by atoms with E-state index in [9.17, 15) is 31.1 Å². The molecule has 0 radical (unpaired) electrons. The van der Waals surface area contributed by atoms with Gasteiger partial charge in [-0.25, -0.2) is 0 Å². The van der Waals surface area contributed by atoms with E-state index in [-0.39, 0.29) is 29.5 Å². The van der Waals surface area contributed by atoms with Gasteiger partial charge in [-0.3, -0.25) is 4.79 Å². The Morgan fingerprint density at radius 2 is 1.62 bits per heavy atom. The molecule has 1 amide bonds. The minimum Gasteiger partial charge on any atom is -0.372 e. The van der Waals surface area contributed by atoms with Crippen molar-refractivity contribution in [3.8, 4) is 0 Å². The summed E-state index contributed by atoms with van der Waals surface area (Å²) in [5, 5.41) is 6.42. The van der Waals surface area contributed by atoms with Gasteiger partial charge < -0.3 is 15.4 Å². The second-order valence-corrected chi connectivity index (χ2v) is 10.4. The van der Waals surface area contributed by atoms with Gasteiger partial charge in [0.15, 0.2) is 0 Å². The molecule has 2 aromatic rings. The van der Waals surface area contributed by atoms with Gasteiger partial charge in [-0.15, -0.1) is 0 Å². The number of fused-ring (bicyclic) bond motifs is 2. The molecule has 37 heavy (non-hydrogen) atoms. The Hall–Kier alpha value is -2.59. The zero-order valence-electron chi connectivity index (χ0n) is 20.8. The summed E-state index contributed by atoms with van der Waals surface area (Å²) in [5.74, 6) is -0.400. The first kappa shape index (κ1) is 27.4. The first-order valence-corrected chi connectivity index (χ1v) is 12.2. The van der Waals surface area contributed by atoms with Gasteiger partial charge in [0.2, 0.25) is 5.91 Å². The number of benzene rings is 2. The van der Waals surface area contributed by atoms with Gasteiger partial charge >= 0.3 is 12.4 Å². The van der Waals surface area contributed by atoms with Gasteiger partial charge in [0, 0.05) is 18.1 Å². The third-order valence-corrected chi connectivity index (χ3v) is 7.57. The average Bonchev–Trinajstić information content (AvgIpc) is 3.09. The second kappa shape index (κ2) is 9.94. The van der Waals surface area contributed by atoms with Crippen molar-refractivity contribution in [1.29, 1.82) is 0 Å². The summed E-state index contributed by atoms with van der Waals surface area (Å²) in [6.07, 6.45) is -8.68. The minimum absolute atomic E-state index is 0.0741. The van der Waals surface area contributed by atoms with Gasteiger partial charge in [-0.05, 0) is 80.5 Å². The number of rotatable bonds is 6. The molecule has 4 rings (SSSR count). The van der Waals surface area contributed by atoms with Crippen molar-refractivity contribution in [2.24, 2.45) is 5.92 Å². The van der Waals surface area contributed by atoms with Gasteiger partial charge in [0.05, 0.1) is 29.8 Å². The van der Waals surface area contributed by atoms with Crippen molar-refractivity contribution >= 4 is 5.91 Å². The largest absolute Gasteiger partial charge is 0.416 e. The number of hydrogen-bond acceptors (Lipinski definition) is 3. The summed E-state index contributed by atoms with van der Waals surface area (Å²) in [5.41, 5.74) is -0.250. The smallest absolute Gasteiger partial charge is 0.372 e. The van der Waals surface area contributed by atoms with Crippen molar-refractivity contribution in [2.45, 2.75) is 83.2 Å². The van der Waals surface area contributed by atoms with Crippen LogP contribution in [0, 0.1) is 19.8 Å². The summed E-state index contributed by atoms with van der Waals surface area (Å²) in [7, 11) is 0. The number of nitrogens with one attached hydrogen (secondary N) is 2. The molecule has 2 aromatic carbocycles. The van der Waals surface area contributed by atoms with E-state index in [0.717, 1.165) is 11.1 Å². The summed E-state index contributed by atoms with van der Waals surface area (Å²) in [6, 6.07) is 7.42. The highest BCUT2D eigenvalue weighted by atomic mass is 19.4. The molecule has 2 aliphatic rings. The summed E-state index contributed by atoms with van der Waals surface area (Å²) in [4.78, 5) is 13.0. The van der Waals surface area contributed by atoms with Crippen LogP contribution in [-0.2, 0) is 35.0 Å². The van der Waals surface area contributed by atoms with Gasteiger partial charge in [-0.1, -0.05) is 18.2 Å². The molecule has 202 valence electrons. The highest BCUT2D eigenvalue weighted by Gasteiger charge is 2.52. The fourth-order valence-corrected chi connectivity index (χ4v) is 5.41. The molecule has 2 bridgehead atoms. The molecule has 2 saturated heterocycles. The molecule has 4 nitrogen and oxygen atoms in total. The van der Waals surface area contributed by atoms with E-state index in [2.05, 4.69) is 10.6 Å². The van der Waals surface area contributed by atoms with Crippen LogP contribution in [-0.4, -0.2) is 23.6 Å². The zero-order chi connectivity index (χ0) is 27.2. The Labute approximate surface area is 211 Å². The lowest BCUT2D eigenvalue weighted by atomic mass is 9.88. The Morgan fingerprint density at radius 1 is 0.973 bits per heavy atom.